The van der Waals surface area contributed by atoms with Gasteiger partial charge in [-0.05, 0) is 48.7 Å². The second kappa shape index (κ2) is 9.85. The van der Waals surface area contributed by atoms with Crippen molar-refractivity contribution in [2.45, 2.75) is 19.9 Å². The lowest BCUT2D eigenvalue weighted by molar-refractivity contribution is -0.136. The summed E-state index contributed by atoms with van der Waals surface area (Å²) in [6, 6.07) is 12.6. The number of hydrogen-bond acceptors (Lipinski definition) is 5. The predicted molar refractivity (Wildman–Crippen MR) is 129 cm³/mol. The maximum atomic E-state index is 12.8. The average molecular weight is 469 g/mol. The lowest BCUT2D eigenvalue weighted by Crippen LogP contribution is -2.51. The van der Waals surface area contributed by atoms with Gasteiger partial charge >= 0.3 is 12.0 Å². The third-order valence-electron chi connectivity index (χ3n) is 6.41. The number of carbonyl (C=O) groups is 2. The van der Waals surface area contributed by atoms with Gasteiger partial charge in [0.25, 0.3) is 0 Å². The number of aryl methyl sites for hydroxylation is 1. The van der Waals surface area contributed by atoms with Gasteiger partial charge in [-0.25, -0.2) is 9.59 Å². The van der Waals surface area contributed by atoms with Gasteiger partial charge < -0.3 is 20.3 Å². The summed E-state index contributed by atoms with van der Waals surface area (Å²) >= 11 is 6.17. The highest BCUT2D eigenvalue weighted by molar-refractivity contribution is 6.30. The molecule has 1 saturated heterocycles. The minimum absolute atomic E-state index is 0.350. The molecule has 2 aliphatic heterocycles. The van der Waals surface area contributed by atoms with Crippen molar-refractivity contribution in [1.82, 2.24) is 15.5 Å². The van der Waals surface area contributed by atoms with Gasteiger partial charge in [-0.2, -0.15) is 0 Å². The Morgan fingerprint density at radius 2 is 1.85 bits per heavy atom. The molecule has 0 aromatic heterocycles. The van der Waals surface area contributed by atoms with Gasteiger partial charge in [-0.3, -0.25) is 4.90 Å². The van der Waals surface area contributed by atoms with Gasteiger partial charge in [0.15, 0.2) is 0 Å². The first-order chi connectivity index (χ1) is 15.9. The van der Waals surface area contributed by atoms with Gasteiger partial charge in [-0.1, -0.05) is 35.9 Å². The number of halogens is 1. The molecule has 0 radical (unpaired) electrons. The molecule has 33 heavy (non-hydrogen) atoms. The van der Waals surface area contributed by atoms with Crippen molar-refractivity contribution in [2.75, 3.05) is 44.7 Å². The van der Waals surface area contributed by atoms with Crippen molar-refractivity contribution >= 4 is 29.3 Å². The van der Waals surface area contributed by atoms with Crippen LogP contribution in [-0.2, 0) is 9.53 Å². The highest BCUT2D eigenvalue weighted by Crippen LogP contribution is 2.30. The molecule has 174 valence electrons. The fourth-order valence-electron chi connectivity index (χ4n) is 4.48. The smallest absolute Gasteiger partial charge is 0.338 e. The molecule has 1 fully saturated rings. The van der Waals surface area contributed by atoms with E-state index in [0.717, 1.165) is 31.7 Å². The number of esters is 1. The van der Waals surface area contributed by atoms with Gasteiger partial charge in [0, 0.05) is 49.1 Å². The molecule has 0 spiro atoms. The van der Waals surface area contributed by atoms with E-state index >= 15 is 0 Å². The molecule has 0 bridgehead atoms. The number of rotatable bonds is 5. The van der Waals surface area contributed by atoms with Crippen LogP contribution in [0.3, 0.4) is 0 Å². The van der Waals surface area contributed by atoms with E-state index in [4.69, 9.17) is 16.3 Å². The Kier molecular flexibility index (Phi) is 6.91. The van der Waals surface area contributed by atoms with E-state index in [-0.39, 0.29) is 6.03 Å². The maximum absolute atomic E-state index is 12.8. The topological polar surface area (TPSA) is 73.9 Å². The van der Waals surface area contributed by atoms with E-state index in [1.807, 2.05) is 6.07 Å². The van der Waals surface area contributed by atoms with Crippen LogP contribution < -0.4 is 15.5 Å². The van der Waals surface area contributed by atoms with Crippen LogP contribution in [0.4, 0.5) is 10.5 Å². The number of nitrogens with zero attached hydrogens (tertiary/aromatic N) is 2. The fraction of sp³-hybridized carbons (Fsp3) is 0.360. The molecular weight excluding hydrogens is 440 g/mol. The van der Waals surface area contributed by atoms with Crippen molar-refractivity contribution in [3.8, 4) is 0 Å². The molecule has 2 N–H and O–H groups in total. The van der Waals surface area contributed by atoms with E-state index < -0.39 is 12.0 Å². The Hall–Kier alpha value is -3.03. The zero-order chi connectivity index (χ0) is 23.5. The molecule has 0 aliphatic carbocycles. The maximum Gasteiger partial charge on any atom is 0.338 e. The van der Waals surface area contributed by atoms with Crippen LogP contribution in [0.1, 0.15) is 22.7 Å². The molecule has 1 atom stereocenters. The zero-order valence-corrected chi connectivity index (χ0v) is 19.9. The first kappa shape index (κ1) is 23.1. The fourth-order valence-corrected chi connectivity index (χ4v) is 4.68. The second-order valence-electron chi connectivity index (χ2n) is 8.45. The van der Waals surface area contributed by atoms with Crippen molar-refractivity contribution in [3.05, 3.63) is 75.4 Å². The minimum Gasteiger partial charge on any atom is -0.466 e. The van der Waals surface area contributed by atoms with E-state index in [1.54, 1.807) is 18.2 Å². The monoisotopic (exact) mass is 468 g/mol. The van der Waals surface area contributed by atoms with Crippen LogP contribution in [0.25, 0.3) is 0 Å². The summed E-state index contributed by atoms with van der Waals surface area (Å²) in [6.45, 7) is 8.11. The average Bonchev–Trinajstić information content (AvgIpc) is 2.81. The van der Waals surface area contributed by atoms with Gasteiger partial charge in [0.1, 0.15) is 0 Å². The molecule has 2 aromatic carbocycles. The number of carbonyl (C=O) groups excluding carboxylic acids is 2. The van der Waals surface area contributed by atoms with Crippen LogP contribution in [0.15, 0.2) is 53.7 Å². The van der Waals surface area contributed by atoms with E-state index in [0.29, 0.717) is 22.8 Å². The lowest BCUT2D eigenvalue weighted by atomic mass is 9.95. The first-order valence-electron chi connectivity index (χ1n) is 11.0. The number of amides is 2. The van der Waals surface area contributed by atoms with E-state index in [1.165, 1.54) is 23.9 Å². The van der Waals surface area contributed by atoms with Crippen LogP contribution in [0, 0.1) is 13.8 Å². The third-order valence-corrected chi connectivity index (χ3v) is 6.65. The molecule has 4 rings (SSSR count). The molecular formula is C25H29ClN4O3. The zero-order valence-electron chi connectivity index (χ0n) is 19.2. The quantitative estimate of drug-likeness (QED) is 0.656. The van der Waals surface area contributed by atoms with Gasteiger partial charge in [0.2, 0.25) is 0 Å². The normalized spacial score (nSPS) is 19.2. The number of piperazine rings is 1. The van der Waals surface area contributed by atoms with Crippen LogP contribution in [0.5, 0.6) is 0 Å². The molecule has 8 heteroatoms. The Morgan fingerprint density at radius 1 is 1.12 bits per heavy atom. The molecule has 0 unspecified atom stereocenters. The summed E-state index contributed by atoms with van der Waals surface area (Å²) < 4.78 is 5.08. The third kappa shape index (κ3) is 4.99. The van der Waals surface area contributed by atoms with Crippen molar-refractivity contribution in [2.24, 2.45) is 0 Å². The van der Waals surface area contributed by atoms with Gasteiger partial charge in [0.05, 0.1) is 18.7 Å². The number of nitrogens with one attached hydrogen (secondary N) is 2. The summed E-state index contributed by atoms with van der Waals surface area (Å²) in [4.78, 5) is 29.9. The summed E-state index contributed by atoms with van der Waals surface area (Å²) in [7, 11) is 1.35. The Bertz CT molecular complexity index is 1090. The minimum atomic E-state index is -0.629. The summed E-state index contributed by atoms with van der Waals surface area (Å²) in [5, 5.41) is 6.22. The number of ether oxygens (including phenoxy) is 1. The summed E-state index contributed by atoms with van der Waals surface area (Å²) in [5.74, 6) is -0.475. The second-order valence-corrected chi connectivity index (χ2v) is 8.89. The number of methoxy groups -OCH3 is 1. The standard InChI is InChI=1S/C25H29ClN4O3/c1-16-6-4-9-21(17(16)2)30-12-10-29(11-13-30)15-20-22(24(31)33-3)23(28-25(32)27-20)18-7-5-8-19(26)14-18/h4-9,14,23H,10-13,15H2,1-3H3,(H2,27,28,32)/t23-/m0/s1. The molecule has 0 saturated carbocycles. The van der Waals surface area contributed by atoms with Crippen LogP contribution >= 0.6 is 11.6 Å². The van der Waals surface area contributed by atoms with Crippen molar-refractivity contribution in [3.63, 3.8) is 0 Å². The van der Waals surface area contributed by atoms with Crippen LogP contribution in [0.2, 0.25) is 5.02 Å². The van der Waals surface area contributed by atoms with Crippen molar-refractivity contribution < 1.29 is 14.3 Å². The summed E-state index contributed by atoms with van der Waals surface area (Å²) in [6.07, 6.45) is 0. The SMILES string of the molecule is COC(=O)C1=C(CN2CCN(c3cccc(C)c3C)CC2)NC(=O)N[C@H]1c1cccc(Cl)c1. The molecule has 7 nitrogen and oxygen atoms in total. The van der Waals surface area contributed by atoms with Crippen molar-refractivity contribution in [1.29, 1.82) is 0 Å². The highest BCUT2D eigenvalue weighted by Gasteiger charge is 2.34. The van der Waals surface area contributed by atoms with E-state index in [9.17, 15) is 9.59 Å². The van der Waals surface area contributed by atoms with E-state index in [2.05, 4.69) is 52.5 Å². The number of hydrogen-bond donors (Lipinski definition) is 2. The Balaban J connectivity index is 1.55. The molecule has 2 aliphatic rings. The van der Waals surface area contributed by atoms with Crippen LogP contribution in [-0.4, -0.2) is 56.7 Å². The number of benzene rings is 2. The lowest BCUT2D eigenvalue weighted by Gasteiger charge is -2.38. The number of anilines is 1. The number of urea groups is 1. The predicted octanol–water partition coefficient (Wildman–Crippen LogP) is 3.56. The Labute approximate surface area is 199 Å². The Morgan fingerprint density at radius 3 is 2.55 bits per heavy atom. The molecule has 2 heterocycles. The highest BCUT2D eigenvalue weighted by atomic mass is 35.5. The largest absolute Gasteiger partial charge is 0.466 e. The molecule has 2 aromatic rings. The summed E-state index contributed by atoms with van der Waals surface area (Å²) in [5.41, 5.74) is 5.55. The van der Waals surface area contributed by atoms with Gasteiger partial charge in [-0.15, -0.1) is 0 Å². The first-order valence-corrected chi connectivity index (χ1v) is 11.4. The molecule has 2 amide bonds.